The van der Waals surface area contributed by atoms with E-state index in [2.05, 4.69) is 12.2 Å². The lowest BCUT2D eigenvalue weighted by molar-refractivity contribution is 0.863. The quantitative estimate of drug-likeness (QED) is 0.296. The van der Waals surface area contributed by atoms with Gasteiger partial charge in [0.15, 0.2) is 6.19 Å². The third kappa shape index (κ3) is 3.29. The zero-order valence-electron chi connectivity index (χ0n) is 3.57. The SMILES string of the molecule is [CH2]CCNC#N. The van der Waals surface area contributed by atoms with Crippen LogP contribution in [-0.4, -0.2) is 6.54 Å². The van der Waals surface area contributed by atoms with Crippen molar-refractivity contribution in [3.05, 3.63) is 6.92 Å². The van der Waals surface area contributed by atoms with Crippen LogP contribution in [0, 0.1) is 18.4 Å². The summed E-state index contributed by atoms with van der Waals surface area (Å²) in [7, 11) is 0. The Hall–Kier alpha value is -0.710. The van der Waals surface area contributed by atoms with Gasteiger partial charge >= 0.3 is 0 Å². The van der Waals surface area contributed by atoms with Gasteiger partial charge in [-0.2, -0.15) is 5.26 Å². The second kappa shape index (κ2) is 4.29. The van der Waals surface area contributed by atoms with Gasteiger partial charge in [0.25, 0.3) is 0 Å². The van der Waals surface area contributed by atoms with Gasteiger partial charge in [0, 0.05) is 6.54 Å². The molecule has 0 aliphatic rings. The molecule has 6 heavy (non-hydrogen) atoms. The molecule has 0 unspecified atom stereocenters. The van der Waals surface area contributed by atoms with E-state index >= 15 is 0 Å². The van der Waals surface area contributed by atoms with Gasteiger partial charge in [-0.25, -0.2) is 0 Å². The standard InChI is InChI=1S/C4H7N2/c1-2-3-6-4-5/h6H,1-3H2. The highest BCUT2D eigenvalue weighted by atomic mass is 14.8. The van der Waals surface area contributed by atoms with Gasteiger partial charge in [-0.15, -0.1) is 0 Å². The van der Waals surface area contributed by atoms with Crippen LogP contribution < -0.4 is 5.32 Å². The Labute approximate surface area is 37.8 Å². The fourth-order valence-corrected chi connectivity index (χ4v) is 0.144. The van der Waals surface area contributed by atoms with Crippen molar-refractivity contribution in [2.24, 2.45) is 0 Å². The fourth-order valence-electron chi connectivity index (χ4n) is 0.144. The minimum atomic E-state index is 0.691. The summed E-state index contributed by atoms with van der Waals surface area (Å²) in [4.78, 5) is 0. The van der Waals surface area contributed by atoms with Crippen molar-refractivity contribution in [1.29, 1.82) is 5.26 Å². The molecule has 33 valence electrons. The maximum atomic E-state index is 7.81. The summed E-state index contributed by atoms with van der Waals surface area (Å²) in [5.41, 5.74) is 0. The van der Waals surface area contributed by atoms with Crippen LogP contribution in [0.5, 0.6) is 0 Å². The van der Waals surface area contributed by atoms with Crippen LogP contribution in [0.4, 0.5) is 0 Å². The number of hydrogen-bond acceptors (Lipinski definition) is 2. The van der Waals surface area contributed by atoms with Gasteiger partial charge in [0.05, 0.1) is 0 Å². The van der Waals surface area contributed by atoms with Gasteiger partial charge in [-0.1, -0.05) is 6.92 Å². The highest BCUT2D eigenvalue weighted by Crippen LogP contribution is 1.62. The average molecular weight is 83.1 g/mol. The van der Waals surface area contributed by atoms with Crippen molar-refractivity contribution < 1.29 is 0 Å². The minimum absolute atomic E-state index is 0.691. The van der Waals surface area contributed by atoms with E-state index in [9.17, 15) is 0 Å². The molecule has 2 nitrogen and oxygen atoms in total. The molecular formula is C4H7N2. The molecule has 0 fully saturated rings. The molecule has 1 radical (unpaired) electrons. The Balaban J connectivity index is 2.54. The monoisotopic (exact) mass is 83.1 g/mol. The van der Waals surface area contributed by atoms with E-state index in [0.29, 0.717) is 6.54 Å². The van der Waals surface area contributed by atoms with Crippen LogP contribution >= 0.6 is 0 Å². The molecule has 0 aromatic heterocycles. The van der Waals surface area contributed by atoms with Crippen molar-refractivity contribution in [3.8, 4) is 6.19 Å². The molecule has 0 saturated carbocycles. The van der Waals surface area contributed by atoms with E-state index in [4.69, 9.17) is 5.26 Å². The van der Waals surface area contributed by atoms with Crippen LogP contribution in [0.1, 0.15) is 6.42 Å². The zero-order chi connectivity index (χ0) is 4.83. The second-order valence-corrected chi connectivity index (χ2v) is 0.892. The summed E-state index contributed by atoms with van der Waals surface area (Å²) in [6.45, 7) is 4.20. The van der Waals surface area contributed by atoms with E-state index in [1.807, 2.05) is 0 Å². The molecule has 0 aliphatic carbocycles. The maximum absolute atomic E-state index is 7.81. The predicted octanol–water partition coefficient (Wildman–Crippen LogP) is 0.281. The molecule has 0 saturated heterocycles. The second-order valence-electron chi connectivity index (χ2n) is 0.892. The summed E-state index contributed by atoms with van der Waals surface area (Å²) >= 11 is 0. The molecule has 0 bridgehead atoms. The highest BCUT2D eigenvalue weighted by molar-refractivity contribution is 4.63. The van der Waals surface area contributed by atoms with Crippen LogP contribution in [0.3, 0.4) is 0 Å². The number of rotatable bonds is 2. The number of hydrogen-bond donors (Lipinski definition) is 1. The molecule has 0 amide bonds. The van der Waals surface area contributed by atoms with Crippen molar-refractivity contribution in [2.45, 2.75) is 6.42 Å². The summed E-state index contributed by atoms with van der Waals surface area (Å²) in [6, 6.07) is 0. The Morgan fingerprint density at radius 2 is 2.50 bits per heavy atom. The van der Waals surface area contributed by atoms with Crippen LogP contribution in [0.25, 0.3) is 0 Å². The van der Waals surface area contributed by atoms with Crippen molar-refractivity contribution >= 4 is 0 Å². The van der Waals surface area contributed by atoms with Gasteiger partial charge in [-0.3, -0.25) is 0 Å². The summed E-state index contributed by atoms with van der Waals surface area (Å²) in [6.07, 6.45) is 2.55. The third-order valence-corrected chi connectivity index (χ3v) is 0.381. The maximum Gasteiger partial charge on any atom is 0.176 e. The Morgan fingerprint density at radius 3 is 2.67 bits per heavy atom. The summed E-state index contributed by atoms with van der Waals surface area (Å²) in [5.74, 6) is 0. The van der Waals surface area contributed by atoms with Crippen LogP contribution in [0.15, 0.2) is 0 Å². The van der Waals surface area contributed by atoms with E-state index in [1.165, 1.54) is 0 Å². The van der Waals surface area contributed by atoms with Gasteiger partial charge < -0.3 is 5.32 Å². The lowest BCUT2D eigenvalue weighted by atomic mass is 10.5. The number of nitrogens with one attached hydrogen (secondary N) is 1. The average Bonchev–Trinajstić information content (AvgIpc) is 1.61. The molecule has 0 atom stereocenters. The third-order valence-electron chi connectivity index (χ3n) is 0.381. The minimum Gasteiger partial charge on any atom is -0.324 e. The Kier molecular flexibility index (Phi) is 3.78. The molecule has 2 heteroatoms. The van der Waals surface area contributed by atoms with Crippen molar-refractivity contribution in [3.63, 3.8) is 0 Å². The molecule has 0 rings (SSSR count). The smallest absolute Gasteiger partial charge is 0.176 e. The first-order chi connectivity index (χ1) is 2.91. The van der Waals surface area contributed by atoms with E-state index in [-0.39, 0.29) is 0 Å². The number of nitriles is 1. The van der Waals surface area contributed by atoms with Crippen molar-refractivity contribution in [2.75, 3.05) is 6.54 Å². The lowest BCUT2D eigenvalue weighted by Crippen LogP contribution is -2.04. The van der Waals surface area contributed by atoms with E-state index in [1.54, 1.807) is 6.19 Å². The first kappa shape index (κ1) is 5.29. The summed E-state index contributed by atoms with van der Waals surface area (Å²) in [5, 5.41) is 10.2. The zero-order valence-corrected chi connectivity index (χ0v) is 3.57. The molecule has 0 spiro atoms. The van der Waals surface area contributed by atoms with Gasteiger partial charge in [0.2, 0.25) is 0 Å². The first-order valence-corrected chi connectivity index (χ1v) is 1.83. The van der Waals surface area contributed by atoms with Gasteiger partial charge in [-0.05, 0) is 6.42 Å². The summed E-state index contributed by atoms with van der Waals surface area (Å²) < 4.78 is 0. The Morgan fingerprint density at radius 1 is 1.83 bits per heavy atom. The van der Waals surface area contributed by atoms with E-state index < -0.39 is 0 Å². The first-order valence-electron chi connectivity index (χ1n) is 1.83. The topological polar surface area (TPSA) is 35.8 Å². The molecule has 1 N–H and O–H groups in total. The predicted molar refractivity (Wildman–Crippen MR) is 23.6 cm³/mol. The Bertz CT molecular complexity index is 53.1. The lowest BCUT2D eigenvalue weighted by Gasteiger charge is -1.83. The fraction of sp³-hybridized carbons (Fsp3) is 0.500. The molecule has 0 aromatic rings. The molecule has 0 aliphatic heterocycles. The molecule has 0 aromatic carbocycles. The van der Waals surface area contributed by atoms with E-state index in [0.717, 1.165) is 6.42 Å². The normalized spacial score (nSPS) is 6.67. The molecular weight excluding hydrogens is 76.1 g/mol. The highest BCUT2D eigenvalue weighted by Gasteiger charge is 1.69. The number of nitrogens with zero attached hydrogens (tertiary/aromatic N) is 1. The van der Waals surface area contributed by atoms with Crippen LogP contribution in [0.2, 0.25) is 0 Å². The largest absolute Gasteiger partial charge is 0.324 e. The molecule has 0 heterocycles. The van der Waals surface area contributed by atoms with Gasteiger partial charge in [0.1, 0.15) is 0 Å². The van der Waals surface area contributed by atoms with Crippen molar-refractivity contribution in [1.82, 2.24) is 5.32 Å². The van der Waals surface area contributed by atoms with Crippen LogP contribution in [-0.2, 0) is 0 Å².